The predicted octanol–water partition coefficient (Wildman–Crippen LogP) is 12.5. The van der Waals surface area contributed by atoms with Crippen molar-refractivity contribution in [3.8, 4) is 33.4 Å². The summed E-state index contributed by atoms with van der Waals surface area (Å²) < 4.78 is 0. The summed E-state index contributed by atoms with van der Waals surface area (Å²) in [5.74, 6) is 0. The summed E-state index contributed by atoms with van der Waals surface area (Å²) in [5, 5.41) is 5.00. The molecule has 0 fully saturated rings. The minimum Gasteiger partial charge on any atom is -0.310 e. The molecular weight excluding hydrogens is 542 g/mol. The number of rotatable bonds is 6. The number of nitrogens with zero attached hydrogens (tertiary/aromatic N) is 1. The van der Waals surface area contributed by atoms with Crippen LogP contribution in [-0.2, 0) is 0 Å². The fraction of sp³-hybridized carbons (Fsp3) is 0. The fourth-order valence-electron chi connectivity index (χ4n) is 6.47. The van der Waals surface area contributed by atoms with Gasteiger partial charge < -0.3 is 4.90 Å². The molecule has 0 aliphatic carbocycles. The van der Waals surface area contributed by atoms with E-state index in [4.69, 9.17) is 0 Å². The minimum absolute atomic E-state index is 1.12. The lowest BCUT2D eigenvalue weighted by Gasteiger charge is -2.27. The Labute approximate surface area is 264 Å². The van der Waals surface area contributed by atoms with Crippen molar-refractivity contribution in [3.05, 3.63) is 188 Å². The van der Waals surface area contributed by atoms with E-state index in [0.717, 1.165) is 11.4 Å². The van der Waals surface area contributed by atoms with Gasteiger partial charge in [0.25, 0.3) is 0 Å². The second kappa shape index (κ2) is 11.6. The second-order valence-electron chi connectivity index (χ2n) is 11.4. The van der Waals surface area contributed by atoms with E-state index < -0.39 is 0 Å². The Balaban J connectivity index is 1.18. The third-order valence-corrected chi connectivity index (χ3v) is 8.67. The van der Waals surface area contributed by atoms with Gasteiger partial charge in [0.2, 0.25) is 0 Å². The summed E-state index contributed by atoms with van der Waals surface area (Å²) in [6.45, 7) is 0. The van der Waals surface area contributed by atoms with E-state index in [0.29, 0.717) is 0 Å². The summed E-state index contributed by atoms with van der Waals surface area (Å²) in [6.07, 6.45) is 0. The third-order valence-electron chi connectivity index (χ3n) is 8.67. The van der Waals surface area contributed by atoms with Crippen LogP contribution in [0.5, 0.6) is 0 Å². The maximum Gasteiger partial charge on any atom is 0.0546 e. The molecular formula is C44H31N. The van der Waals surface area contributed by atoms with Crippen LogP contribution >= 0.6 is 0 Å². The molecule has 0 unspecified atom stereocenters. The average Bonchev–Trinajstić information content (AvgIpc) is 3.13. The van der Waals surface area contributed by atoms with Gasteiger partial charge in [-0.05, 0) is 79.9 Å². The smallest absolute Gasteiger partial charge is 0.0546 e. The van der Waals surface area contributed by atoms with E-state index in [9.17, 15) is 0 Å². The van der Waals surface area contributed by atoms with E-state index in [-0.39, 0.29) is 0 Å². The molecule has 0 radical (unpaired) electrons. The van der Waals surface area contributed by atoms with Gasteiger partial charge >= 0.3 is 0 Å². The zero-order chi connectivity index (χ0) is 30.0. The summed E-state index contributed by atoms with van der Waals surface area (Å²) in [6, 6.07) is 67.5. The molecule has 0 spiro atoms. The highest BCUT2D eigenvalue weighted by Gasteiger charge is 2.17. The van der Waals surface area contributed by atoms with Gasteiger partial charge in [-0.1, -0.05) is 158 Å². The Morgan fingerprint density at radius 3 is 1.40 bits per heavy atom. The fourth-order valence-corrected chi connectivity index (χ4v) is 6.47. The van der Waals surface area contributed by atoms with Gasteiger partial charge in [0.05, 0.1) is 5.69 Å². The van der Waals surface area contributed by atoms with Crippen LogP contribution in [0.4, 0.5) is 17.1 Å². The second-order valence-corrected chi connectivity index (χ2v) is 11.4. The van der Waals surface area contributed by atoms with Crippen LogP contribution in [0.2, 0.25) is 0 Å². The highest BCUT2D eigenvalue weighted by molar-refractivity contribution is 6.14. The average molecular weight is 574 g/mol. The van der Waals surface area contributed by atoms with E-state index in [2.05, 4.69) is 193 Å². The van der Waals surface area contributed by atoms with Crippen molar-refractivity contribution in [3.63, 3.8) is 0 Å². The summed E-state index contributed by atoms with van der Waals surface area (Å²) >= 11 is 0. The number of fused-ring (bicyclic) bond motifs is 3. The number of para-hydroxylation sites is 1. The van der Waals surface area contributed by atoms with Crippen LogP contribution < -0.4 is 4.90 Å². The lowest BCUT2D eigenvalue weighted by atomic mass is 9.93. The van der Waals surface area contributed by atoms with E-state index in [1.807, 2.05) is 0 Å². The third kappa shape index (κ3) is 5.05. The van der Waals surface area contributed by atoms with Crippen molar-refractivity contribution in [2.75, 3.05) is 4.90 Å². The van der Waals surface area contributed by atoms with Crippen LogP contribution in [0.3, 0.4) is 0 Å². The molecule has 8 aromatic carbocycles. The lowest BCUT2D eigenvalue weighted by molar-refractivity contribution is 1.30. The molecule has 0 aliphatic rings. The zero-order valence-corrected chi connectivity index (χ0v) is 24.8. The van der Waals surface area contributed by atoms with Gasteiger partial charge in [-0.15, -0.1) is 0 Å². The molecule has 0 amide bonds. The molecule has 8 rings (SSSR count). The van der Waals surface area contributed by atoms with E-state index in [1.165, 1.54) is 60.6 Å². The number of hydrogen-bond donors (Lipinski definition) is 0. The number of benzene rings is 8. The monoisotopic (exact) mass is 573 g/mol. The van der Waals surface area contributed by atoms with Crippen molar-refractivity contribution in [1.82, 2.24) is 0 Å². The molecule has 1 nitrogen and oxygen atoms in total. The van der Waals surface area contributed by atoms with Gasteiger partial charge in [-0.3, -0.25) is 0 Å². The van der Waals surface area contributed by atoms with Crippen LogP contribution in [0.1, 0.15) is 0 Å². The van der Waals surface area contributed by atoms with Gasteiger partial charge in [-0.25, -0.2) is 0 Å². The first-order valence-corrected chi connectivity index (χ1v) is 15.4. The summed E-state index contributed by atoms with van der Waals surface area (Å²) in [7, 11) is 0. The quantitative estimate of drug-likeness (QED) is 0.179. The highest BCUT2D eigenvalue weighted by Crippen LogP contribution is 2.42. The molecule has 0 saturated carbocycles. The predicted molar refractivity (Wildman–Crippen MR) is 192 cm³/mol. The lowest BCUT2D eigenvalue weighted by Crippen LogP contribution is -2.10. The largest absolute Gasteiger partial charge is 0.310 e. The molecule has 0 aromatic heterocycles. The zero-order valence-electron chi connectivity index (χ0n) is 24.8. The molecule has 0 bridgehead atoms. The molecule has 212 valence electrons. The van der Waals surface area contributed by atoms with Crippen LogP contribution in [0.25, 0.3) is 54.9 Å². The van der Waals surface area contributed by atoms with Crippen LogP contribution in [-0.4, -0.2) is 0 Å². The Bertz CT molecular complexity index is 2230. The van der Waals surface area contributed by atoms with Gasteiger partial charge in [-0.2, -0.15) is 0 Å². The SMILES string of the molecule is c1ccc(-c2ccccc2-c2ccc(-c3ccc(N(c4ccccc4)c4cc5ccccc5c5ccccc45)cc3)cc2)cc1. The molecule has 0 atom stereocenters. The molecule has 0 N–H and O–H groups in total. The first kappa shape index (κ1) is 26.7. The van der Waals surface area contributed by atoms with Crippen molar-refractivity contribution >= 4 is 38.6 Å². The number of hydrogen-bond acceptors (Lipinski definition) is 1. The topological polar surface area (TPSA) is 3.24 Å². The van der Waals surface area contributed by atoms with Crippen molar-refractivity contribution < 1.29 is 0 Å². The van der Waals surface area contributed by atoms with E-state index in [1.54, 1.807) is 0 Å². The van der Waals surface area contributed by atoms with Crippen molar-refractivity contribution in [2.45, 2.75) is 0 Å². The normalized spacial score (nSPS) is 11.1. The Morgan fingerprint density at radius 2 is 0.733 bits per heavy atom. The Morgan fingerprint density at radius 1 is 0.289 bits per heavy atom. The summed E-state index contributed by atoms with van der Waals surface area (Å²) in [5.41, 5.74) is 10.8. The first-order valence-electron chi connectivity index (χ1n) is 15.4. The maximum absolute atomic E-state index is 2.38. The van der Waals surface area contributed by atoms with Gasteiger partial charge in [0.1, 0.15) is 0 Å². The molecule has 8 aromatic rings. The summed E-state index contributed by atoms with van der Waals surface area (Å²) in [4.78, 5) is 2.38. The Kier molecular flexibility index (Phi) is 6.90. The molecule has 45 heavy (non-hydrogen) atoms. The maximum atomic E-state index is 2.38. The first-order chi connectivity index (χ1) is 22.3. The minimum atomic E-state index is 1.12. The van der Waals surface area contributed by atoms with E-state index >= 15 is 0 Å². The standard InChI is InChI=1S/C44H31N/c1-3-13-34(14-4-1)39-18-9-10-19-40(39)35-25-23-32(24-26-35)33-27-29-38(30-28-33)45(37-16-5-2-6-17-37)44-31-36-15-7-8-20-41(36)42-21-11-12-22-43(42)44/h1-31H. The highest BCUT2D eigenvalue weighted by atomic mass is 15.1. The van der Waals surface area contributed by atoms with Crippen molar-refractivity contribution in [2.24, 2.45) is 0 Å². The van der Waals surface area contributed by atoms with Crippen molar-refractivity contribution in [1.29, 1.82) is 0 Å². The Hall–Kier alpha value is -5.92. The molecule has 0 saturated heterocycles. The molecule has 0 aliphatic heterocycles. The molecule has 0 heterocycles. The van der Waals surface area contributed by atoms with Crippen LogP contribution in [0, 0.1) is 0 Å². The molecule has 1 heteroatoms. The van der Waals surface area contributed by atoms with Gasteiger partial charge in [0, 0.05) is 16.8 Å². The van der Waals surface area contributed by atoms with Crippen LogP contribution in [0.15, 0.2) is 188 Å². The van der Waals surface area contributed by atoms with Gasteiger partial charge in [0.15, 0.2) is 0 Å². The number of anilines is 3.